The van der Waals surface area contributed by atoms with Gasteiger partial charge < -0.3 is 0 Å². The van der Waals surface area contributed by atoms with Crippen molar-refractivity contribution in [3.8, 4) is 0 Å². The van der Waals surface area contributed by atoms with Crippen molar-refractivity contribution < 1.29 is 4.28 Å². The minimum absolute atomic E-state index is 0. The summed E-state index contributed by atoms with van der Waals surface area (Å²) >= 11 is 0. The molecule has 0 heterocycles. The summed E-state index contributed by atoms with van der Waals surface area (Å²) in [5, 5.41) is 0. The molecule has 1 fully saturated rings. The van der Waals surface area contributed by atoms with Gasteiger partial charge in [0.2, 0.25) is 0 Å². The first-order valence-corrected chi connectivity index (χ1v) is 2.82. The molecule has 1 rings (SSSR count). The van der Waals surface area contributed by atoms with Crippen LogP contribution in [0.15, 0.2) is 0 Å². The average molecular weight is 208 g/mol. The first-order chi connectivity index (χ1) is 3.00. The SMILES string of the molecule is [CH]1CCCCC1.[HH].[HH].[HH].[Sn]. The van der Waals surface area contributed by atoms with Crippen molar-refractivity contribution in [3.05, 3.63) is 6.42 Å². The summed E-state index contributed by atoms with van der Waals surface area (Å²) in [5.74, 6) is 0. The van der Waals surface area contributed by atoms with Crippen LogP contribution in [0.25, 0.3) is 0 Å². The molecule has 1 aliphatic rings. The Morgan fingerprint density at radius 2 is 1.57 bits per heavy atom. The van der Waals surface area contributed by atoms with Gasteiger partial charge in [-0.15, -0.1) is 0 Å². The first kappa shape index (κ1) is 7.80. The van der Waals surface area contributed by atoms with Crippen LogP contribution in [0.4, 0.5) is 0 Å². The fraction of sp³-hybridized carbons (Fsp3) is 0.833. The van der Waals surface area contributed by atoms with Crippen molar-refractivity contribution in [1.82, 2.24) is 0 Å². The molecule has 7 heavy (non-hydrogen) atoms. The number of rotatable bonds is 0. The zero-order valence-electron chi connectivity index (χ0n) is 4.61. The van der Waals surface area contributed by atoms with E-state index in [0.29, 0.717) is 0 Å². The Morgan fingerprint density at radius 3 is 1.71 bits per heavy atom. The summed E-state index contributed by atoms with van der Waals surface area (Å²) in [7, 11) is 0. The van der Waals surface area contributed by atoms with E-state index in [1.807, 2.05) is 0 Å². The Bertz CT molecular complexity index is 28.5. The Balaban J connectivity index is -0.0000000450. The van der Waals surface area contributed by atoms with E-state index in [1.165, 1.54) is 32.1 Å². The van der Waals surface area contributed by atoms with Crippen molar-refractivity contribution in [2.24, 2.45) is 0 Å². The molecule has 0 bridgehead atoms. The molecule has 0 aromatic carbocycles. The maximum Gasteiger partial charge on any atom is 0 e. The predicted molar refractivity (Wildman–Crippen MR) is 39.5 cm³/mol. The van der Waals surface area contributed by atoms with Crippen LogP contribution in [0, 0.1) is 6.42 Å². The van der Waals surface area contributed by atoms with Crippen molar-refractivity contribution in [1.29, 1.82) is 0 Å². The van der Waals surface area contributed by atoms with Crippen LogP contribution in [0.5, 0.6) is 0 Å². The van der Waals surface area contributed by atoms with Gasteiger partial charge in [-0.3, -0.25) is 0 Å². The smallest absolute Gasteiger partial charge is 0 e. The maximum atomic E-state index is 2.39. The van der Waals surface area contributed by atoms with Crippen LogP contribution in [-0.2, 0) is 0 Å². The third-order valence-electron chi connectivity index (χ3n) is 1.32. The van der Waals surface area contributed by atoms with E-state index in [4.69, 9.17) is 0 Å². The van der Waals surface area contributed by atoms with Crippen molar-refractivity contribution in [3.63, 3.8) is 0 Å². The van der Waals surface area contributed by atoms with E-state index in [2.05, 4.69) is 6.42 Å². The summed E-state index contributed by atoms with van der Waals surface area (Å²) < 4.78 is 0. The molecular weight excluding hydrogens is 191 g/mol. The largest absolute Gasteiger partial charge is 0.0533 e. The van der Waals surface area contributed by atoms with Gasteiger partial charge in [-0.1, -0.05) is 32.1 Å². The monoisotopic (exact) mass is 209 g/mol. The molecule has 0 amide bonds. The van der Waals surface area contributed by atoms with Gasteiger partial charge in [0.25, 0.3) is 0 Å². The molecule has 0 nitrogen and oxygen atoms in total. The minimum atomic E-state index is 0. The van der Waals surface area contributed by atoms with Crippen LogP contribution in [0.2, 0.25) is 0 Å². The Morgan fingerprint density at radius 1 is 1.00 bits per heavy atom. The van der Waals surface area contributed by atoms with Crippen LogP contribution in [0.1, 0.15) is 36.4 Å². The zero-order chi connectivity index (χ0) is 4.24. The molecule has 1 saturated carbocycles. The molecule has 0 aromatic heterocycles. The quantitative estimate of drug-likeness (QED) is 0.536. The van der Waals surface area contributed by atoms with E-state index in [9.17, 15) is 0 Å². The van der Waals surface area contributed by atoms with Gasteiger partial charge in [-0.25, -0.2) is 0 Å². The summed E-state index contributed by atoms with van der Waals surface area (Å²) in [5.41, 5.74) is 0. The van der Waals surface area contributed by atoms with Crippen LogP contribution in [-0.4, -0.2) is 23.9 Å². The third kappa shape index (κ3) is 3.39. The van der Waals surface area contributed by atoms with E-state index in [1.54, 1.807) is 0 Å². The molecule has 0 aliphatic heterocycles. The Hall–Kier alpha value is 0.799. The van der Waals surface area contributed by atoms with E-state index in [-0.39, 0.29) is 28.2 Å². The fourth-order valence-electron chi connectivity index (χ4n) is 0.898. The van der Waals surface area contributed by atoms with Crippen molar-refractivity contribution in [2.75, 3.05) is 0 Å². The van der Waals surface area contributed by atoms with Crippen LogP contribution < -0.4 is 0 Å². The van der Waals surface area contributed by atoms with Crippen molar-refractivity contribution in [2.45, 2.75) is 32.1 Å². The third-order valence-corrected chi connectivity index (χ3v) is 1.32. The minimum Gasteiger partial charge on any atom is -0.0533 e. The molecule has 1 aliphatic carbocycles. The van der Waals surface area contributed by atoms with Crippen LogP contribution >= 0.6 is 0 Å². The molecule has 0 aromatic rings. The van der Waals surface area contributed by atoms with Gasteiger partial charge in [0.1, 0.15) is 0 Å². The Kier molecular flexibility index (Phi) is 5.51. The topological polar surface area (TPSA) is 0 Å². The molecular formula is C6H17Sn. The second kappa shape index (κ2) is 4.95. The standard InChI is InChI=1S/C6H11.Sn.3H2/c1-2-4-6-5-3-1;;;;/h1H,2-6H2;;3*1H. The first-order valence-electron chi connectivity index (χ1n) is 2.82. The maximum absolute atomic E-state index is 2.39. The Labute approximate surface area is 67.1 Å². The van der Waals surface area contributed by atoms with Gasteiger partial charge in [0.15, 0.2) is 0 Å². The van der Waals surface area contributed by atoms with Gasteiger partial charge in [-0.2, -0.15) is 0 Å². The average Bonchev–Trinajstić information content (AvgIpc) is 1.72. The molecule has 5 radical (unpaired) electrons. The van der Waals surface area contributed by atoms with E-state index in [0.717, 1.165) is 0 Å². The summed E-state index contributed by atoms with van der Waals surface area (Å²) in [6, 6.07) is 0. The fourth-order valence-corrected chi connectivity index (χ4v) is 0.898. The molecule has 0 saturated heterocycles. The molecule has 0 N–H and O–H groups in total. The van der Waals surface area contributed by atoms with Gasteiger partial charge in [0.05, 0.1) is 0 Å². The zero-order valence-corrected chi connectivity index (χ0v) is 7.47. The molecule has 0 spiro atoms. The normalized spacial score (nSPS) is 20.6. The number of hydrogen-bond donors (Lipinski definition) is 0. The molecule has 0 unspecified atom stereocenters. The predicted octanol–water partition coefficient (Wildman–Crippen LogP) is 2.51. The second-order valence-corrected chi connectivity index (χ2v) is 1.93. The summed E-state index contributed by atoms with van der Waals surface area (Å²) in [6.45, 7) is 0. The second-order valence-electron chi connectivity index (χ2n) is 1.93. The molecule has 1 heteroatoms. The van der Waals surface area contributed by atoms with Gasteiger partial charge in [0, 0.05) is 28.2 Å². The van der Waals surface area contributed by atoms with Gasteiger partial charge >= 0.3 is 0 Å². The number of hydrogen-bond acceptors (Lipinski definition) is 0. The van der Waals surface area contributed by atoms with E-state index < -0.39 is 0 Å². The molecule has 45 valence electrons. The van der Waals surface area contributed by atoms with Crippen LogP contribution in [0.3, 0.4) is 0 Å². The summed E-state index contributed by atoms with van der Waals surface area (Å²) in [6.07, 6.45) is 9.50. The van der Waals surface area contributed by atoms with E-state index >= 15 is 0 Å². The molecule has 0 atom stereocenters. The van der Waals surface area contributed by atoms with Crippen molar-refractivity contribution >= 4 is 23.9 Å². The van der Waals surface area contributed by atoms with Gasteiger partial charge in [-0.05, 0) is 6.42 Å². The summed E-state index contributed by atoms with van der Waals surface area (Å²) in [4.78, 5) is 0.